The number of hydrazone groups is 1. The molecule has 0 bridgehead atoms. The summed E-state index contributed by atoms with van der Waals surface area (Å²) in [6.45, 7) is 0.108. The Morgan fingerprint density at radius 2 is 1.39 bits per heavy atom. The second kappa shape index (κ2) is 9.86. The summed E-state index contributed by atoms with van der Waals surface area (Å²) in [6, 6.07) is 27.0. The summed E-state index contributed by atoms with van der Waals surface area (Å²) in [6.07, 6.45) is -1.16. The molecular formula is C25H22N2O6. The largest absolute Gasteiger partial charge is 0.464 e. The van der Waals surface area contributed by atoms with Crippen LogP contribution in [0.1, 0.15) is 16.7 Å². The quantitative estimate of drug-likeness (QED) is 0.528. The Labute approximate surface area is 190 Å². The molecule has 0 fully saturated rings. The van der Waals surface area contributed by atoms with Crippen molar-refractivity contribution in [3.05, 3.63) is 108 Å². The Balaban J connectivity index is 1.63. The zero-order chi connectivity index (χ0) is 23.1. The first-order valence-corrected chi connectivity index (χ1v) is 10.2. The molecule has 1 amide bonds. The van der Waals surface area contributed by atoms with Crippen molar-refractivity contribution >= 4 is 18.1 Å². The van der Waals surface area contributed by atoms with Gasteiger partial charge >= 0.3 is 23.9 Å². The lowest BCUT2D eigenvalue weighted by Gasteiger charge is -2.31. The van der Waals surface area contributed by atoms with Crippen LogP contribution in [-0.4, -0.2) is 30.3 Å². The number of hydrogen-bond donors (Lipinski definition) is 0. The van der Waals surface area contributed by atoms with Crippen molar-refractivity contribution in [2.45, 2.75) is 18.9 Å². The van der Waals surface area contributed by atoms with Crippen molar-refractivity contribution in [1.82, 2.24) is 5.01 Å². The van der Waals surface area contributed by atoms with Gasteiger partial charge in [0.15, 0.2) is 0 Å². The Morgan fingerprint density at radius 3 is 1.97 bits per heavy atom. The molecule has 33 heavy (non-hydrogen) atoms. The summed E-state index contributed by atoms with van der Waals surface area (Å²) in [5.74, 6) is -0.854. The van der Waals surface area contributed by atoms with Crippen molar-refractivity contribution in [3.63, 3.8) is 0 Å². The molecule has 3 aromatic rings. The fourth-order valence-electron chi connectivity index (χ4n) is 3.30. The van der Waals surface area contributed by atoms with Crippen LogP contribution in [0.4, 0.5) is 4.79 Å². The zero-order valence-corrected chi connectivity index (χ0v) is 17.9. The molecule has 0 aliphatic carbocycles. The summed E-state index contributed by atoms with van der Waals surface area (Å²) >= 11 is 0. The number of benzene rings is 3. The monoisotopic (exact) mass is 446 g/mol. The highest BCUT2D eigenvalue weighted by Gasteiger charge is 2.59. The minimum Gasteiger partial charge on any atom is -0.464 e. The molecule has 1 aliphatic heterocycles. The van der Waals surface area contributed by atoms with Gasteiger partial charge in [-0.25, -0.2) is 9.59 Å². The van der Waals surface area contributed by atoms with Crippen LogP contribution in [0.15, 0.2) is 96.1 Å². The van der Waals surface area contributed by atoms with E-state index in [2.05, 4.69) is 5.10 Å². The molecule has 1 heterocycles. The lowest BCUT2D eigenvalue weighted by molar-refractivity contribution is -0.177. The molecule has 1 atom stereocenters. The Morgan fingerprint density at radius 1 is 0.848 bits per heavy atom. The van der Waals surface area contributed by atoms with Gasteiger partial charge in [-0.2, -0.15) is 0 Å². The number of nitrogens with zero attached hydrogens (tertiary/aromatic N) is 2. The van der Waals surface area contributed by atoms with E-state index in [1.165, 1.54) is 7.11 Å². The Kier molecular flexibility index (Phi) is 6.54. The number of ether oxygens (including phenoxy) is 4. The minimum atomic E-state index is -2.03. The van der Waals surface area contributed by atoms with Crippen molar-refractivity contribution in [3.8, 4) is 0 Å². The molecule has 0 aromatic heterocycles. The molecule has 1 unspecified atom stereocenters. The van der Waals surface area contributed by atoms with Gasteiger partial charge in [0.05, 0.1) is 7.11 Å². The molecule has 4 rings (SSSR count). The number of carbonyl (C=O) groups excluding carboxylic acids is 2. The number of methoxy groups -OCH3 is 1. The summed E-state index contributed by atoms with van der Waals surface area (Å²) in [7, 11) is 1.20. The van der Waals surface area contributed by atoms with Gasteiger partial charge in [-0.1, -0.05) is 96.1 Å². The molecular weight excluding hydrogens is 424 g/mol. The van der Waals surface area contributed by atoms with E-state index in [4.69, 9.17) is 18.9 Å². The average Bonchev–Trinajstić information content (AvgIpc) is 3.28. The maximum atomic E-state index is 13.1. The van der Waals surface area contributed by atoms with Crippen molar-refractivity contribution in [2.75, 3.05) is 7.11 Å². The van der Waals surface area contributed by atoms with Crippen LogP contribution in [0.5, 0.6) is 0 Å². The molecule has 0 saturated heterocycles. The minimum absolute atomic E-state index is 0.0159. The average molecular weight is 446 g/mol. The van der Waals surface area contributed by atoms with E-state index in [0.29, 0.717) is 5.56 Å². The number of rotatable bonds is 6. The summed E-state index contributed by atoms with van der Waals surface area (Å²) < 4.78 is 22.0. The van der Waals surface area contributed by atoms with E-state index >= 15 is 0 Å². The Bertz CT molecular complexity index is 1120. The fraction of sp³-hybridized carbons (Fsp3) is 0.160. The van der Waals surface area contributed by atoms with E-state index in [0.717, 1.165) is 16.1 Å². The third kappa shape index (κ3) is 4.64. The van der Waals surface area contributed by atoms with Gasteiger partial charge in [0, 0.05) is 5.56 Å². The molecule has 3 aromatic carbocycles. The highest BCUT2D eigenvalue weighted by molar-refractivity contribution is 5.90. The molecule has 8 nitrogen and oxygen atoms in total. The van der Waals surface area contributed by atoms with E-state index in [1.807, 2.05) is 60.7 Å². The van der Waals surface area contributed by atoms with Crippen LogP contribution in [0.2, 0.25) is 0 Å². The predicted octanol–water partition coefficient (Wildman–Crippen LogP) is 4.17. The number of amides is 1. The molecule has 0 radical (unpaired) electrons. The van der Waals surface area contributed by atoms with Crippen molar-refractivity contribution < 1.29 is 28.5 Å². The standard InChI is InChI=1S/C25H22N2O6/c1-30-22(28)25(21-15-9-4-10-16-21)27(24(29)32-18-20-13-7-3-8-14-20)26-23(33-25)31-17-19-11-5-2-6-12-19/h2-16H,17-18H2,1H3. The fourth-order valence-corrected chi connectivity index (χ4v) is 3.30. The van der Waals surface area contributed by atoms with Gasteiger partial charge in [-0.3, -0.25) is 0 Å². The zero-order valence-electron chi connectivity index (χ0n) is 17.9. The highest BCUT2D eigenvalue weighted by Crippen LogP contribution is 2.37. The normalized spacial score (nSPS) is 17.0. The molecule has 8 heteroatoms. The van der Waals surface area contributed by atoms with Gasteiger partial charge in [0.25, 0.3) is 0 Å². The topological polar surface area (TPSA) is 86.7 Å². The van der Waals surface area contributed by atoms with Crippen LogP contribution >= 0.6 is 0 Å². The van der Waals surface area contributed by atoms with Crippen LogP contribution in [-0.2, 0) is 42.7 Å². The third-order valence-corrected chi connectivity index (χ3v) is 4.93. The first kappa shape index (κ1) is 21.9. The number of esters is 1. The van der Waals surface area contributed by atoms with Crippen LogP contribution in [0.3, 0.4) is 0 Å². The first-order chi connectivity index (χ1) is 16.1. The van der Waals surface area contributed by atoms with Gasteiger partial charge in [-0.15, -0.1) is 5.01 Å². The van der Waals surface area contributed by atoms with Crippen molar-refractivity contribution in [1.29, 1.82) is 0 Å². The van der Waals surface area contributed by atoms with Gasteiger partial charge in [0.2, 0.25) is 0 Å². The second-order valence-electron chi connectivity index (χ2n) is 7.10. The number of carbonyl (C=O) groups is 2. The van der Waals surface area contributed by atoms with Crippen LogP contribution < -0.4 is 0 Å². The summed E-state index contributed by atoms with van der Waals surface area (Å²) in [5.41, 5.74) is -0.0674. The van der Waals surface area contributed by atoms with Crippen LogP contribution in [0, 0.1) is 0 Å². The predicted molar refractivity (Wildman–Crippen MR) is 118 cm³/mol. The maximum absolute atomic E-state index is 13.1. The van der Waals surface area contributed by atoms with E-state index in [1.54, 1.807) is 30.3 Å². The smallest absolute Gasteiger partial charge is 0.435 e. The van der Waals surface area contributed by atoms with E-state index < -0.39 is 17.8 Å². The lowest BCUT2D eigenvalue weighted by atomic mass is 10.0. The second-order valence-corrected chi connectivity index (χ2v) is 7.10. The third-order valence-electron chi connectivity index (χ3n) is 4.93. The highest BCUT2D eigenvalue weighted by atomic mass is 16.7. The SMILES string of the molecule is COC(=O)C1(c2ccccc2)OC(OCc2ccccc2)=NN1C(=O)OCc1ccccc1. The molecule has 0 saturated carbocycles. The Hall–Kier alpha value is -4.33. The van der Waals surface area contributed by atoms with Crippen molar-refractivity contribution in [2.24, 2.45) is 5.10 Å². The molecule has 1 aliphatic rings. The van der Waals surface area contributed by atoms with Gasteiger partial charge < -0.3 is 18.9 Å². The molecule has 168 valence electrons. The first-order valence-electron chi connectivity index (χ1n) is 10.2. The van der Waals surface area contributed by atoms with Gasteiger partial charge in [-0.05, 0) is 11.1 Å². The molecule has 0 spiro atoms. The van der Waals surface area contributed by atoms with Crippen LogP contribution in [0.25, 0.3) is 0 Å². The number of hydrogen-bond acceptors (Lipinski definition) is 7. The maximum Gasteiger partial charge on any atom is 0.435 e. The van der Waals surface area contributed by atoms with E-state index in [-0.39, 0.29) is 19.3 Å². The summed E-state index contributed by atoms with van der Waals surface area (Å²) in [4.78, 5) is 26.1. The summed E-state index contributed by atoms with van der Waals surface area (Å²) in [5, 5.41) is 4.96. The van der Waals surface area contributed by atoms with E-state index in [9.17, 15) is 9.59 Å². The van der Waals surface area contributed by atoms with Gasteiger partial charge in [0.1, 0.15) is 13.2 Å². The lowest BCUT2D eigenvalue weighted by Crippen LogP contribution is -2.51. The molecule has 0 N–H and O–H groups in total.